The number of ketones is 1. The van der Waals surface area contributed by atoms with Crippen LogP contribution in [0.4, 0.5) is 5.69 Å². The zero-order valence-electron chi connectivity index (χ0n) is 13.6. The zero-order valence-corrected chi connectivity index (χ0v) is 15.8. The lowest BCUT2D eigenvalue weighted by Crippen LogP contribution is -2.01. The number of hydrogen-bond donors (Lipinski definition) is 1. The molecule has 0 aliphatic carbocycles. The van der Waals surface area contributed by atoms with Crippen LogP contribution in [0.3, 0.4) is 0 Å². The maximum atomic E-state index is 12.3. The van der Waals surface area contributed by atoms with Gasteiger partial charge in [0, 0.05) is 27.1 Å². The molecule has 0 aliphatic heterocycles. The minimum Gasteiger partial charge on any atom is -0.493 e. The molecule has 0 bridgehead atoms. The van der Waals surface area contributed by atoms with Gasteiger partial charge >= 0.3 is 0 Å². The largest absolute Gasteiger partial charge is 0.493 e. The molecule has 0 aliphatic rings. The first-order valence-electron chi connectivity index (χ1n) is 7.12. The van der Waals surface area contributed by atoms with Gasteiger partial charge in [-0.2, -0.15) is 0 Å². The Morgan fingerprint density at radius 2 is 1.58 bits per heavy atom. The molecule has 0 saturated heterocycles. The Labute approximate surface area is 154 Å². The van der Waals surface area contributed by atoms with Crippen LogP contribution in [0.5, 0.6) is 17.2 Å². The Morgan fingerprint density at radius 3 is 2.08 bits per heavy atom. The molecular formula is C18H18INO4. The highest BCUT2D eigenvalue weighted by Crippen LogP contribution is 2.38. The van der Waals surface area contributed by atoms with Gasteiger partial charge in [0.25, 0.3) is 0 Å². The first kappa shape index (κ1) is 18.1. The van der Waals surface area contributed by atoms with E-state index in [1.54, 1.807) is 18.3 Å². The van der Waals surface area contributed by atoms with E-state index in [0.29, 0.717) is 22.8 Å². The quantitative estimate of drug-likeness (QED) is 0.400. The van der Waals surface area contributed by atoms with Gasteiger partial charge in [0.15, 0.2) is 17.3 Å². The summed E-state index contributed by atoms with van der Waals surface area (Å²) < 4.78 is 16.9. The number of ether oxygens (including phenoxy) is 3. The Balaban J connectivity index is 2.16. The molecule has 0 spiro atoms. The molecular weight excluding hydrogens is 421 g/mol. The summed E-state index contributed by atoms with van der Waals surface area (Å²) in [5.41, 5.74) is 1.36. The fourth-order valence-corrected chi connectivity index (χ4v) is 2.44. The summed E-state index contributed by atoms with van der Waals surface area (Å²) in [7, 11) is 4.55. The molecule has 0 atom stereocenters. The first-order chi connectivity index (χ1) is 11.6. The third-order valence-corrected chi connectivity index (χ3v) is 4.00. The summed E-state index contributed by atoms with van der Waals surface area (Å²) in [6.07, 6.45) is 3.06. The summed E-state index contributed by atoms with van der Waals surface area (Å²) in [6, 6.07) is 11.1. The Bertz CT molecular complexity index is 716. The van der Waals surface area contributed by atoms with Crippen molar-refractivity contribution in [1.82, 2.24) is 0 Å². The topological polar surface area (TPSA) is 56.8 Å². The molecule has 0 unspecified atom stereocenters. The molecule has 2 rings (SSSR count). The van der Waals surface area contributed by atoms with E-state index >= 15 is 0 Å². The maximum Gasteiger partial charge on any atom is 0.203 e. The summed E-state index contributed by atoms with van der Waals surface area (Å²) in [5.74, 6) is 1.17. The van der Waals surface area contributed by atoms with Crippen LogP contribution in [-0.2, 0) is 0 Å². The third-order valence-electron chi connectivity index (χ3n) is 3.28. The summed E-state index contributed by atoms with van der Waals surface area (Å²) >= 11 is 2.24. The Morgan fingerprint density at radius 1 is 1.00 bits per heavy atom. The number of benzene rings is 2. The third kappa shape index (κ3) is 4.41. The van der Waals surface area contributed by atoms with Crippen molar-refractivity contribution >= 4 is 34.1 Å². The van der Waals surface area contributed by atoms with Crippen molar-refractivity contribution in [3.05, 3.63) is 57.8 Å². The van der Waals surface area contributed by atoms with Gasteiger partial charge < -0.3 is 19.5 Å². The van der Waals surface area contributed by atoms with E-state index in [4.69, 9.17) is 14.2 Å². The molecule has 2 aromatic carbocycles. The minimum atomic E-state index is -0.174. The summed E-state index contributed by atoms with van der Waals surface area (Å²) in [5, 5.41) is 3.06. The van der Waals surface area contributed by atoms with Crippen LogP contribution in [0.25, 0.3) is 0 Å². The number of carbonyl (C=O) groups is 1. The van der Waals surface area contributed by atoms with E-state index < -0.39 is 0 Å². The summed E-state index contributed by atoms with van der Waals surface area (Å²) in [6.45, 7) is 0. The Hall–Kier alpha value is -2.22. The number of halogens is 1. The van der Waals surface area contributed by atoms with Gasteiger partial charge in [-0.3, -0.25) is 4.79 Å². The number of carbonyl (C=O) groups excluding carboxylic acids is 1. The average molecular weight is 439 g/mol. The molecule has 2 aromatic rings. The number of rotatable bonds is 7. The predicted molar refractivity (Wildman–Crippen MR) is 102 cm³/mol. The lowest BCUT2D eigenvalue weighted by atomic mass is 10.1. The lowest BCUT2D eigenvalue weighted by Gasteiger charge is -2.13. The van der Waals surface area contributed by atoms with Crippen molar-refractivity contribution in [1.29, 1.82) is 0 Å². The average Bonchev–Trinajstić information content (AvgIpc) is 2.61. The number of allylic oxidation sites excluding steroid dienone is 1. The lowest BCUT2D eigenvalue weighted by molar-refractivity contribution is 0.104. The van der Waals surface area contributed by atoms with E-state index in [9.17, 15) is 4.79 Å². The van der Waals surface area contributed by atoms with E-state index in [-0.39, 0.29) is 5.78 Å². The van der Waals surface area contributed by atoms with E-state index in [1.165, 1.54) is 27.4 Å². The molecule has 0 radical (unpaired) electrons. The van der Waals surface area contributed by atoms with Crippen LogP contribution in [0.15, 0.2) is 48.7 Å². The van der Waals surface area contributed by atoms with Gasteiger partial charge in [0.2, 0.25) is 5.75 Å². The van der Waals surface area contributed by atoms with E-state index in [2.05, 4.69) is 27.9 Å². The molecule has 0 aromatic heterocycles. The van der Waals surface area contributed by atoms with Crippen LogP contribution < -0.4 is 19.5 Å². The van der Waals surface area contributed by atoms with Gasteiger partial charge in [-0.15, -0.1) is 0 Å². The number of hydrogen-bond acceptors (Lipinski definition) is 5. The SMILES string of the molecule is COc1cc(C(=O)/C=C\Nc2ccc(I)cc2)cc(OC)c1OC. The van der Waals surface area contributed by atoms with E-state index in [1.807, 2.05) is 24.3 Å². The smallest absolute Gasteiger partial charge is 0.203 e. The van der Waals surface area contributed by atoms with Gasteiger partial charge in [-0.05, 0) is 59.0 Å². The second kappa shape index (κ2) is 8.58. The molecule has 1 N–H and O–H groups in total. The number of nitrogens with one attached hydrogen (secondary N) is 1. The van der Waals surface area contributed by atoms with Crippen molar-refractivity contribution in [3.63, 3.8) is 0 Å². The molecule has 0 amide bonds. The zero-order chi connectivity index (χ0) is 17.5. The number of anilines is 1. The minimum absolute atomic E-state index is 0.174. The highest BCUT2D eigenvalue weighted by Gasteiger charge is 2.15. The van der Waals surface area contributed by atoms with Crippen molar-refractivity contribution < 1.29 is 19.0 Å². The normalized spacial score (nSPS) is 10.5. The first-order valence-corrected chi connectivity index (χ1v) is 8.20. The monoisotopic (exact) mass is 439 g/mol. The standard InChI is InChI=1S/C18H18INO4/c1-22-16-10-12(11-17(23-2)18(16)24-3)15(21)8-9-20-14-6-4-13(19)5-7-14/h4-11,20H,1-3H3/b9-8-. The predicted octanol–water partition coefficient (Wildman–Crippen LogP) is 4.13. The molecule has 0 heterocycles. The molecule has 5 nitrogen and oxygen atoms in total. The van der Waals surface area contributed by atoms with Crippen LogP contribution in [-0.4, -0.2) is 27.1 Å². The highest BCUT2D eigenvalue weighted by molar-refractivity contribution is 14.1. The molecule has 24 heavy (non-hydrogen) atoms. The number of methoxy groups -OCH3 is 3. The Kier molecular flexibility index (Phi) is 6.48. The summed E-state index contributed by atoms with van der Waals surface area (Å²) in [4.78, 5) is 12.3. The molecule has 0 fully saturated rings. The second-order valence-corrected chi connectivity index (χ2v) is 6.01. The van der Waals surface area contributed by atoms with Gasteiger partial charge in [0.1, 0.15) is 0 Å². The van der Waals surface area contributed by atoms with Crippen molar-refractivity contribution in [2.45, 2.75) is 0 Å². The molecule has 126 valence electrons. The second-order valence-electron chi connectivity index (χ2n) is 4.76. The molecule has 0 saturated carbocycles. The fourth-order valence-electron chi connectivity index (χ4n) is 2.08. The van der Waals surface area contributed by atoms with Crippen molar-refractivity contribution in [2.75, 3.05) is 26.6 Å². The fraction of sp³-hybridized carbons (Fsp3) is 0.167. The molecule has 6 heteroatoms. The highest BCUT2D eigenvalue weighted by atomic mass is 127. The maximum absolute atomic E-state index is 12.3. The van der Waals surface area contributed by atoms with E-state index in [0.717, 1.165) is 9.26 Å². The van der Waals surface area contributed by atoms with Crippen LogP contribution in [0.1, 0.15) is 10.4 Å². The van der Waals surface area contributed by atoms with Crippen molar-refractivity contribution in [2.24, 2.45) is 0 Å². The van der Waals surface area contributed by atoms with Crippen LogP contribution >= 0.6 is 22.6 Å². The van der Waals surface area contributed by atoms with Crippen molar-refractivity contribution in [3.8, 4) is 17.2 Å². The van der Waals surface area contributed by atoms with Gasteiger partial charge in [0.05, 0.1) is 21.3 Å². The van der Waals surface area contributed by atoms with Gasteiger partial charge in [-0.25, -0.2) is 0 Å². The van der Waals surface area contributed by atoms with Crippen LogP contribution in [0, 0.1) is 3.57 Å². The van der Waals surface area contributed by atoms with Gasteiger partial charge in [-0.1, -0.05) is 0 Å². The van der Waals surface area contributed by atoms with Crippen LogP contribution in [0.2, 0.25) is 0 Å².